The summed E-state index contributed by atoms with van der Waals surface area (Å²) in [5.74, 6) is -2.79. The van der Waals surface area contributed by atoms with Gasteiger partial charge in [-0.1, -0.05) is 14.9 Å². The lowest BCUT2D eigenvalue weighted by Gasteiger charge is -2.14. The lowest BCUT2D eigenvalue weighted by atomic mass is 10.2. The molecule has 0 aliphatic carbocycles. The number of aliphatic hydroxyl groups is 1. The maximum absolute atomic E-state index is 10.8. The molecule has 8 amide bonds. The minimum atomic E-state index is -1.44. The number of carbonyl (C=O) groups is 7. The first-order valence-electron chi connectivity index (χ1n) is 8.17. The van der Waals surface area contributed by atoms with Crippen molar-refractivity contribution in [2.24, 2.45) is 17.2 Å². The van der Waals surface area contributed by atoms with Gasteiger partial charge in [0.2, 0.25) is 12.1 Å². The number of hydrogen-bond acceptors (Lipinski definition) is 11. The Labute approximate surface area is 195 Å². The molecule has 0 aromatic rings. The van der Waals surface area contributed by atoms with Crippen LogP contribution in [-0.2, 0) is 33.4 Å². The van der Waals surface area contributed by atoms with Crippen molar-refractivity contribution in [2.75, 3.05) is 21.3 Å². The number of nitrogens with one attached hydrogen (secondary N) is 4. The normalized spacial score (nSPS) is 13.9. The maximum atomic E-state index is 10.8. The number of nitrogens with two attached hydrogens (primary N) is 3. The largest absolute Gasteiger partial charge is 0.466 e. The Kier molecular flexibility index (Phi) is 21.3. The number of primary amides is 3. The van der Waals surface area contributed by atoms with Gasteiger partial charge in [-0.2, -0.15) is 0 Å². The molecule has 1 aliphatic heterocycles. The Morgan fingerprint density at radius 2 is 1.38 bits per heavy atom. The maximum Gasteiger partial charge on any atom is 0.362 e. The van der Waals surface area contributed by atoms with Crippen LogP contribution in [0.2, 0.25) is 0 Å². The zero-order valence-electron chi connectivity index (χ0n) is 17.2. The predicted molar refractivity (Wildman–Crippen MR) is 114 cm³/mol. The second-order valence-electron chi connectivity index (χ2n) is 5.27. The van der Waals surface area contributed by atoms with Crippen molar-refractivity contribution in [3.8, 4) is 0 Å². The minimum absolute atomic E-state index is 0. The number of amides is 8. The summed E-state index contributed by atoms with van der Waals surface area (Å²) in [6, 6.07) is -3.34. The van der Waals surface area contributed by atoms with Gasteiger partial charge in [0.05, 0.1) is 20.6 Å². The highest BCUT2D eigenvalue weighted by Gasteiger charge is 2.30. The fourth-order valence-electron chi connectivity index (χ4n) is 1.56. The van der Waals surface area contributed by atoms with Crippen LogP contribution < -0.4 is 38.5 Å². The summed E-state index contributed by atoms with van der Waals surface area (Å²) >= 11 is 0. The fraction of sp³-hybridized carbons (Fsp3) is 0.562. The Hall–Kier alpha value is -4.19. The number of methoxy groups -OCH3 is 3. The van der Waals surface area contributed by atoms with Gasteiger partial charge in [0.15, 0.2) is 0 Å². The van der Waals surface area contributed by atoms with Crippen molar-refractivity contribution < 1.29 is 52.9 Å². The van der Waals surface area contributed by atoms with E-state index in [1.807, 2.05) is 16.0 Å². The van der Waals surface area contributed by atoms with E-state index in [1.54, 1.807) is 0 Å². The van der Waals surface area contributed by atoms with Crippen LogP contribution in [0.5, 0.6) is 0 Å². The summed E-state index contributed by atoms with van der Waals surface area (Å²) in [6.45, 7) is 0. The van der Waals surface area contributed by atoms with E-state index in [0.717, 1.165) is 7.11 Å². The molecule has 18 heteroatoms. The van der Waals surface area contributed by atoms with Crippen molar-refractivity contribution in [3.05, 3.63) is 0 Å². The molecule has 34 heavy (non-hydrogen) atoms. The van der Waals surface area contributed by atoms with E-state index in [9.17, 15) is 33.6 Å². The van der Waals surface area contributed by atoms with Crippen molar-refractivity contribution in [1.82, 2.24) is 21.3 Å². The van der Waals surface area contributed by atoms with Gasteiger partial charge >= 0.3 is 30.0 Å². The highest BCUT2D eigenvalue weighted by atomic mass is 16.6. The number of carbonyl (C=O) groups excluding carboxylic acids is 7. The molecule has 0 bridgehead atoms. The Bertz CT molecular complexity index is 701. The molecule has 1 aliphatic rings. The van der Waals surface area contributed by atoms with E-state index < -0.39 is 60.3 Å². The van der Waals surface area contributed by atoms with Crippen LogP contribution in [0.1, 0.15) is 21.3 Å². The Balaban J connectivity index is -0.000000198. The molecule has 1 saturated heterocycles. The molecule has 0 saturated carbocycles. The number of ether oxygens (including phenoxy) is 3. The van der Waals surface area contributed by atoms with Gasteiger partial charge < -0.3 is 52.5 Å². The van der Waals surface area contributed by atoms with Crippen LogP contribution in [0.25, 0.3) is 0 Å². The molecule has 198 valence electrons. The van der Waals surface area contributed by atoms with Crippen molar-refractivity contribution >= 4 is 41.8 Å². The van der Waals surface area contributed by atoms with Crippen molar-refractivity contribution in [2.45, 2.75) is 39.8 Å². The second-order valence-corrected chi connectivity index (χ2v) is 5.27. The summed E-state index contributed by atoms with van der Waals surface area (Å²) in [6.07, 6.45) is -2.96. The lowest BCUT2D eigenvalue weighted by molar-refractivity contribution is -0.174. The number of imide groups is 1. The molecule has 0 aromatic carbocycles. The van der Waals surface area contributed by atoms with E-state index in [4.69, 9.17) is 22.3 Å². The number of rotatable bonds is 7. The van der Waals surface area contributed by atoms with Crippen LogP contribution in [0.15, 0.2) is 0 Å². The minimum Gasteiger partial charge on any atom is -0.466 e. The second kappa shape index (κ2) is 19.5. The summed E-state index contributed by atoms with van der Waals surface area (Å²) in [5, 5.41) is 16.5. The summed E-state index contributed by atoms with van der Waals surface area (Å²) in [5.41, 5.74) is 14.2. The topological polar surface area (TPSA) is 294 Å². The van der Waals surface area contributed by atoms with E-state index in [1.165, 1.54) is 14.2 Å². The number of hydrogen-bond donors (Lipinski definition) is 8. The third-order valence-electron chi connectivity index (χ3n) is 2.90. The molecule has 2 atom stereocenters. The lowest BCUT2D eigenvalue weighted by Crippen LogP contribution is -2.55. The van der Waals surface area contributed by atoms with Gasteiger partial charge in [-0.25, -0.2) is 24.0 Å². The summed E-state index contributed by atoms with van der Waals surface area (Å²) in [7, 11) is 3.47. The van der Waals surface area contributed by atoms with Crippen LogP contribution in [0.3, 0.4) is 0 Å². The number of aliphatic hydroxyl groups excluding tert-OH is 1. The van der Waals surface area contributed by atoms with E-state index in [-0.39, 0.29) is 21.3 Å². The average molecular weight is 499 g/mol. The van der Waals surface area contributed by atoms with Gasteiger partial charge in [-0.3, -0.25) is 14.9 Å². The number of esters is 2. The molecule has 1 fully saturated rings. The van der Waals surface area contributed by atoms with Gasteiger partial charge in [-0.15, -0.1) is 0 Å². The van der Waals surface area contributed by atoms with Gasteiger partial charge in [0.25, 0.3) is 12.2 Å². The van der Waals surface area contributed by atoms with Crippen LogP contribution >= 0.6 is 0 Å². The highest BCUT2D eigenvalue weighted by molar-refractivity contribution is 6.05. The first kappa shape index (κ1) is 37.1. The summed E-state index contributed by atoms with van der Waals surface area (Å²) in [4.78, 5) is 73.1. The molecule has 1 rings (SSSR count). The van der Waals surface area contributed by atoms with Gasteiger partial charge in [-0.05, 0) is 0 Å². The standard InChI is InChI=1S/C5H10N4O4.C5H7N3O3.C4H8O4.2CH4/c1-13-3(10)2(8-4(6)11)9-5(7)12;6-3(9)1-2-4(10)8-5(11)7-2;1-7-3(5)4(6)8-2;;/h2H,1H3,(H3,6,8,11)(H3,7,9,12);2H,1H2,(H2,6,9)(H2,7,8,10,11);3,5H,1-2H3;2*1H4. The first-order chi connectivity index (χ1) is 14.8. The van der Waals surface area contributed by atoms with Crippen molar-refractivity contribution in [1.29, 1.82) is 0 Å². The molecule has 0 spiro atoms. The third-order valence-corrected chi connectivity index (χ3v) is 2.90. The Morgan fingerprint density at radius 3 is 1.62 bits per heavy atom. The molecule has 1 heterocycles. The average Bonchev–Trinajstić information content (AvgIpc) is 3.01. The van der Waals surface area contributed by atoms with Crippen LogP contribution in [-0.4, -0.2) is 86.8 Å². The molecular formula is C16H33N7O11. The molecule has 0 radical (unpaired) electrons. The predicted octanol–water partition coefficient (Wildman–Crippen LogP) is -3.71. The van der Waals surface area contributed by atoms with Crippen LogP contribution in [0.4, 0.5) is 14.4 Å². The SMILES string of the molecule is C.C.COC(=O)C(NC(N)=O)NC(N)=O.COC(=O)C(O)OC.NC(=O)CC1NC(=O)NC1=O. The van der Waals surface area contributed by atoms with Gasteiger partial charge in [0, 0.05) is 7.11 Å². The smallest absolute Gasteiger partial charge is 0.362 e. The third kappa shape index (κ3) is 17.5. The quantitative estimate of drug-likeness (QED) is 0.0956. The molecule has 2 unspecified atom stereocenters. The van der Waals surface area contributed by atoms with Crippen molar-refractivity contribution in [3.63, 3.8) is 0 Å². The number of urea groups is 3. The van der Waals surface area contributed by atoms with Gasteiger partial charge in [0.1, 0.15) is 6.04 Å². The molecule has 18 nitrogen and oxygen atoms in total. The Morgan fingerprint density at radius 1 is 0.941 bits per heavy atom. The highest BCUT2D eigenvalue weighted by Crippen LogP contribution is 1.96. The summed E-state index contributed by atoms with van der Waals surface area (Å²) < 4.78 is 12.5. The zero-order valence-corrected chi connectivity index (χ0v) is 17.2. The molecule has 11 N–H and O–H groups in total. The monoisotopic (exact) mass is 499 g/mol. The van der Waals surface area contributed by atoms with Crippen LogP contribution in [0, 0.1) is 0 Å². The fourth-order valence-corrected chi connectivity index (χ4v) is 1.56. The molecule has 0 aromatic heterocycles. The van der Waals surface area contributed by atoms with E-state index in [0.29, 0.717) is 0 Å². The zero-order chi connectivity index (χ0) is 25.4. The molecular weight excluding hydrogens is 466 g/mol. The first-order valence-corrected chi connectivity index (χ1v) is 8.17. The van der Waals surface area contributed by atoms with E-state index >= 15 is 0 Å². The van der Waals surface area contributed by atoms with E-state index in [2.05, 4.69) is 19.5 Å².